The summed E-state index contributed by atoms with van der Waals surface area (Å²) in [6, 6.07) is 0.0772. The molecule has 0 saturated heterocycles. The number of ether oxygens (including phenoxy) is 1. The quantitative estimate of drug-likeness (QED) is 0.810. The molecule has 0 aromatic carbocycles. The summed E-state index contributed by atoms with van der Waals surface area (Å²) in [5.74, 6) is 0.603. The SMILES string of the molecule is COCCNC(=O)c1cnn2c1NC(c1ncc(C)s1)CC2(C)C. The lowest BCUT2D eigenvalue weighted by Crippen LogP contribution is -2.38. The van der Waals surface area contributed by atoms with Crippen molar-refractivity contribution in [3.05, 3.63) is 27.8 Å². The molecule has 1 amide bonds. The van der Waals surface area contributed by atoms with Crippen molar-refractivity contribution >= 4 is 23.1 Å². The molecule has 7 nitrogen and oxygen atoms in total. The van der Waals surface area contributed by atoms with Crippen LogP contribution in [0, 0.1) is 6.92 Å². The highest BCUT2D eigenvalue weighted by Gasteiger charge is 2.37. The minimum atomic E-state index is -0.199. The topological polar surface area (TPSA) is 81.1 Å². The summed E-state index contributed by atoms with van der Waals surface area (Å²) in [4.78, 5) is 18.1. The number of thiazole rings is 1. The van der Waals surface area contributed by atoms with Gasteiger partial charge in [0.2, 0.25) is 0 Å². The largest absolute Gasteiger partial charge is 0.383 e. The first kappa shape index (κ1) is 16.9. The molecule has 2 N–H and O–H groups in total. The van der Waals surface area contributed by atoms with E-state index in [0.717, 1.165) is 17.2 Å². The van der Waals surface area contributed by atoms with Crippen LogP contribution in [-0.2, 0) is 10.3 Å². The summed E-state index contributed by atoms with van der Waals surface area (Å²) >= 11 is 1.68. The van der Waals surface area contributed by atoms with Gasteiger partial charge in [0.05, 0.1) is 24.4 Å². The molecule has 8 heteroatoms. The number of hydrogen-bond acceptors (Lipinski definition) is 6. The van der Waals surface area contributed by atoms with Crippen molar-refractivity contribution in [2.75, 3.05) is 25.6 Å². The van der Waals surface area contributed by atoms with Crippen LogP contribution in [0.4, 0.5) is 5.82 Å². The van der Waals surface area contributed by atoms with Crippen LogP contribution in [0.1, 0.15) is 46.6 Å². The van der Waals surface area contributed by atoms with Crippen LogP contribution in [0.5, 0.6) is 0 Å². The Morgan fingerprint density at radius 3 is 3.00 bits per heavy atom. The van der Waals surface area contributed by atoms with Gasteiger partial charge in [-0.3, -0.25) is 4.79 Å². The Balaban J connectivity index is 1.88. The summed E-state index contributed by atoms with van der Waals surface area (Å²) in [7, 11) is 1.61. The number of amides is 1. The number of methoxy groups -OCH3 is 1. The van der Waals surface area contributed by atoms with Gasteiger partial charge in [0, 0.05) is 24.7 Å². The second-order valence-electron chi connectivity index (χ2n) is 6.59. The Kier molecular flexibility index (Phi) is 4.60. The first-order valence-electron chi connectivity index (χ1n) is 7.97. The number of anilines is 1. The molecule has 0 aliphatic carbocycles. The van der Waals surface area contributed by atoms with Crippen molar-refractivity contribution < 1.29 is 9.53 Å². The summed E-state index contributed by atoms with van der Waals surface area (Å²) in [5.41, 5.74) is 0.354. The second-order valence-corrected chi connectivity index (χ2v) is 7.86. The normalized spacial score (nSPS) is 18.8. The summed E-state index contributed by atoms with van der Waals surface area (Å²) in [6.07, 6.45) is 4.38. The fourth-order valence-electron chi connectivity index (χ4n) is 2.96. The molecule has 0 bridgehead atoms. The predicted octanol–water partition coefficient (Wildman–Crippen LogP) is 2.32. The number of hydrogen-bond donors (Lipinski definition) is 2. The van der Waals surface area contributed by atoms with E-state index in [9.17, 15) is 4.79 Å². The van der Waals surface area contributed by atoms with Gasteiger partial charge >= 0.3 is 0 Å². The van der Waals surface area contributed by atoms with Gasteiger partial charge in [-0.2, -0.15) is 5.10 Å². The van der Waals surface area contributed by atoms with Crippen LogP contribution in [-0.4, -0.2) is 40.9 Å². The maximum atomic E-state index is 12.4. The first-order valence-corrected chi connectivity index (χ1v) is 8.78. The number of rotatable bonds is 5. The Morgan fingerprint density at radius 1 is 1.54 bits per heavy atom. The van der Waals surface area contributed by atoms with Gasteiger partial charge in [0.25, 0.3) is 5.91 Å². The number of carbonyl (C=O) groups is 1. The molecule has 1 unspecified atom stereocenters. The molecule has 0 saturated carbocycles. The van der Waals surface area contributed by atoms with E-state index < -0.39 is 0 Å². The lowest BCUT2D eigenvalue weighted by molar-refractivity contribution is 0.0937. The van der Waals surface area contributed by atoms with Crippen LogP contribution < -0.4 is 10.6 Å². The number of nitrogens with zero attached hydrogens (tertiary/aromatic N) is 3. The first-order chi connectivity index (χ1) is 11.4. The Hall–Kier alpha value is -1.93. The summed E-state index contributed by atoms with van der Waals surface area (Å²) in [6.45, 7) is 7.26. The minimum Gasteiger partial charge on any atom is -0.383 e. The average molecular weight is 349 g/mol. The molecule has 2 aromatic heterocycles. The highest BCUT2D eigenvalue weighted by atomic mass is 32.1. The molecular formula is C16H23N5O2S. The van der Waals surface area contributed by atoms with E-state index in [-0.39, 0.29) is 17.5 Å². The predicted molar refractivity (Wildman–Crippen MR) is 93.6 cm³/mol. The van der Waals surface area contributed by atoms with Crippen molar-refractivity contribution in [3.63, 3.8) is 0 Å². The molecule has 3 heterocycles. The third-order valence-corrected chi connectivity index (χ3v) is 5.16. The van der Waals surface area contributed by atoms with Crippen molar-refractivity contribution in [1.29, 1.82) is 0 Å². The van der Waals surface area contributed by atoms with Crippen molar-refractivity contribution in [2.45, 2.75) is 38.8 Å². The summed E-state index contributed by atoms with van der Waals surface area (Å²) < 4.78 is 6.87. The molecular weight excluding hydrogens is 326 g/mol. The van der Waals surface area contributed by atoms with Crippen LogP contribution >= 0.6 is 11.3 Å². The van der Waals surface area contributed by atoms with E-state index in [1.54, 1.807) is 24.6 Å². The van der Waals surface area contributed by atoms with E-state index >= 15 is 0 Å². The zero-order valence-corrected chi connectivity index (χ0v) is 15.2. The Labute approximate surface area is 145 Å². The van der Waals surface area contributed by atoms with Gasteiger partial charge < -0.3 is 15.4 Å². The Morgan fingerprint density at radius 2 is 2.33 bits per heavy atom. The van der Waals surface area contributed by atoms with Gasteiger partial charge in [-0.1, -0.05) is 0 Å². The van der Waals surface area contributed by atoms with Gasteiger partial charge in [-0.05, 0) is 27.2 Å². The van der Waals surface area contributed by atoms with Crippen molar-refractivity contribution in [3.8, 4) is 0 Å². The van der Waals surface area contributed by atoms with Gasteiger partial charge in [0.15, 0.2) is 0 Å². The maximum Gasteiger partial charge on any atom is 0.256 e. The van der Waals surface area contributed by atoms with E-state index in [0.29, 0.717) is 18.7 Å². The lowest BCUT2D eigenvalue weighted by atomic mass is 9.93. The van der Waals surface area contributed by atoms with Gasteiger partial charge in [-0.25, -0.2) is 9.67 Å². The third-order valence-electron chi connectivity index (χ3n) is 4.13. The summed E-state index contributed by atoms with van der Waals surface area (Å²) in [5, 5.41) is 11.8. The lowest BCUT2D eigenvalue weighted by Gasteiger charge is -2.37. The van der Waals surface area contributed by atoms with Crippen molar-refractivity contribution in [1.82, 2.24) is 20.1 Å². The number of carbonyl (C=O) groups excluding carboxylic acids is 1. The monoisotopic (exact) mass is 349 g/mol. The second kappa shape index (κ2) is 6.52. The molecule has 130 valence electrons. The number of fused-ring (bicyclic) bond motifs is 1. The minimum absolute atomic E-state index is 0.0772. The molecule has 2 aromatic rings. The highest BCUT2D eigenvalue weighted by Crippen LogP contribution is 2.40. The van der Waals surface area contributed by atoms with Crippen LogP contribution in [0.3, 0.4) is 0 Å². The van der Waals surface area contributed by atoms with E-state index in [1.165, 1.54) is 4.88 Å². The molecule has 1 aliphatic rings. The zero-order chi connectivity index (χ0) is 17.3. The third kappa shape index (κ3) is 3.16. The smallest absolute Gasteiger partial charge is 0.256 e. The van der Waals surface area contributed by atoms with Crippen LogP contribution in [0.15, 0.2) is 12.4 Å². The molecule has 0 fully saturated rings. The zero-order valence-electron chi connectivity index (χ0n) is 14.4. The number of nitrogens with one attached hydrogen (secondary N) is 2. The van der Waals surface area contributed by atoms with Crippen molar-refractivity contribution in [2.24, 2.45) is 0 Å². The number of aromatic nitrogens is 3. The fourth-order valence-corrected chi connectivity index (χ4v) is 3.78. The molecule has 1 atom stereocenters. The fraction of sp³-hybridized carbons (Fsp3) is 0.562. The highest BCUT2D eigenvalue weighted by molar-refractivity contribution is 7.11. The Bertz CT molecular complexity index is 737. The van der Waals surface area contributed by atoms with Gasteiger partial charge in [0.1, 0.15) is 16.4 Å². The number of aryl methyl sites for hydroxylation is 1. The van der Waals surface area contributed by atoms with E-state index in [4.69, 9.17) is 4.74 Å². The average Bonchev–Trinajstić information content (AvgIpc) is 3.13. The van der Waals surface area contributed by atoms with E-state index in [1.807, 2.05) is 17.8 Å². The van der Waals surface area contributed by atoms with Crippen LogP contribution in [0.25, 0.3) is 0 Å². The van der Waals surface area contributed by atoms with E-state index in [2.05, 4.69) is 34.6 Å². The molecule has 1 aliphatic heterocycles. The molecule has 3 rings (SSSR count). The maximum absolute atomic E-state index is 12.4. The van der Waals surface area contributed by atoms with Crippen LogP contribution in [0.2, 0.25) is 0 Å². The molecule has 0 radical (unpaired) electrons. The van der Waals surface area contributed by atoms with Gasteiger partial charge in [-0.15, -0.1) is 11.3 Å². The standard InChI is InChI=1S/C16H23N5O2S/c1-10-8-18-15(24-10)12-7-16(2,3)21-13(20-12)11(9-19-21)14(22)17-5-6-23-4/h8-9,12,20H,5-7H2,1-4H3,(H,17,22). The molecule has 24 heavy (non-hydrogen) atoms. The molecule has 0 spiro atoms.